The molecule has 1 nitrogen and oxygen atoms in total. The van der Waals surface area contributed by atoms with Gasteiger partial charge < -0.3 is 5.32 Å². The quantitative estimate of drug-likeness (QED) is 0.557. The molecule has 0 heterocycles. The van der Waals surface area contributed by atoms with E-state index in [-0.39, 0.29) is 0 Å². The molecule has 0 amide bonds. The van der Waals surface area contributed by atoms with Gasteiger partial charge in [0.05, 0.1) is 0 Å². The summed E-state index contributed by atoms with van der Waals surface area (Å²) in [5.74, 6) is 3.29. The van der Waals surface area contributed by atoms with Crippen LogP contribution in [-0.4, -0.2) is 12.6 Å². The van der Waals surface area contributed by atoms with Crippen molar-refractivity contribution < 1.29 is 0 Å². The van der Waals surface area contributed by atoms with Crippen molar-refractivity contribution >= 4 is 0 Å². The highest BCUT2D eigenvalue weighted by atomic mass is 14.9. The second-order valence-electron chi connectivity index (χ2n) is 4.77. The molecule has 92 valence electrons. The van der Waals surface area contributed by atoms with Crippen molar-refractivity contribution in [3.8, 4) is 12.3 Å². The van der Waals surface area contributed by atoms with Gasteiger partial charge in [-0.2, -0.15) is 0 Å². The van der Waals surface area contributed by atoms with E-state index >= 15 is 0 Å². The van der Waals surface area contributed by atoms with Crippen LogP contribution in [0.5, 0.6) is 0 Å². The normalized spacial score (nSPS) is 12.4. The summed E-state index contributed by atoms with van der Waals surface area (Å²) in [5.41, 5.74) is 1.41. The Morgan fingerprint density at radius 2 is 1.94 bits per heavy atom. The molecule has 0 saturated carbocycles. The summed E-state index contributed by atoms with van der Waals surface area (Å²) < 4.78 is 0. The first-order chi connectivity index (χ1) is 8.24. The molecule has 0 aromatic heterocycles. The van der Waals surface area contributed by atoms with Crippen molar-refractivity contribution in [2.24, 2.45) is 0 Å². The van der Waals surface area contributed by atoms with Gasteiger partial charge in [-0.15, -0.1) is 12.3 Å². The maximum atomic E-state index is 5.31. The highest BCUT2D eigenvalue weighted by Crippen LogP contribution is 2.21. The van der Waals surface area contributed by atoms with Crippen molar-refractivity contribution in [3.05, 3.63) is 35.9 Å². The lowest BCUT2D eigenvalue weighted by molar-refractivity contribution is 0.500. The van der Waals surface area contributed by atoms with Gasteiger partial charge in [-0.25, -0.2) is 0 Å². The predicted molar refractivity (Wildman–Crippen MR) is 75.0 cm³/mol. The fourth-order valence-electron chi connectivity index (χ4n) is 1.94. The second-order valence-corrected chi connectivity index (χ2v) is 4.77. The van der Waals surface area contributed by atoms with Gasteiger partial charge in [0.2, 0.25) is 0 Å². The average molecular weight is 229 g/mol. The third-order valence-electron chi connectivity index (χ3n) is 2.92. The third-order valence-corrected chi connectivity index (χ3v) is 2.92. The predicted octanol–water partition coefficient (Wildman–Crippen LogP) is 3.57. The first-order valence-corrected chi connectivity index (χ1v) is 6.46. The fraction of sp³-hybridized carbons (Fsp3) is 0.500. The summed E-state index contributed by atoms with van der Waals surface area (Å²) >= 11 is 0. The average Bonchev–Trinajstić information content (AvgIpc) is 2.34. The Balaban J connectivity index is 2.56. The van der Waals surface area contributed by atoms with Crippen LogP contribution in [0.3, 0.4) is 0 Å². The highest BCUT2D eigenvalue weighted by molar-refractivity contribution is 5.19. The first kappa shape index (κ1) is 13.8. The number of terminal acetylenes is 1. The molecule has 17 heavy (non-hydrogen) atoms. The fourth-order valence-corrected chi connectivity index (χ4v) is 1.94. The first-order valence-electron chi connectivity index (χ1n) is 6.46. The number of unbranched alkanes of at least 4 members (excludes halogenated alkanes) is 1. The van der Waals surface area contributed by atoms with E-state index < -0.39 is 0 Å². The molecule has 1 N–H and O–H groups in total. The molecule has 0 bridgehead atoms. The second kappa shape index (κ2) is 7.92. The van der Waals surface area contributed by atoms with Crippen molar-refractivity contribution in [1.82, 2.24) is 5.32 Å². The molecular weight excluding hydrogens is 206 g/mol. The maximum Gasteiger partial charge on any atom is 0.00862 e. The third kappa shape index (κ3) is 5.56. The maximum absolute atomic E-state index is 5.31. The molecule has 0 aliphatic rings. The van der Waals surface area contributed by atoms with Crippen LogP contribution in [0.15, 0.2) is 30.3 Å². The van der Waals surface area contributed by atoms with Crippen LogP contribution in [0, 0.1) is 12.3 Å². The number of benzene rings is 1. The smallest absolute Gasteiger partial charge is 0.00862 e. The summed E-state index contributed by atoms with van der Waals surface area (Å²) in [7, 11) is 0. The summed E-state index contributed by atoms with van der Waals surface area (Å²) in [6.45, 7) is 5.40. The Morgan fingerprint density at radius 3 is 2.53 bits per heavy atom. The van der Waals surface area contributed by atoms with Crippen LogP contribution >= 0.6 is 0 Å². The van der Waals surface area contributed by atoms with Crippen molar-refractivity contribution in [2.45, 2.75) is 45.1 Å². The van der Waals surface area contributed by atoms with E-state index in [9.17, 15) is 0 Å². The van der Waals surface area contributed by atoms with Gasteiger partial charge >= 0.3 is 0 Å². The molecule has 0 radical (unpaired) electrons. The zero-order chi connectivity index (χ0) is 12.5. The molecule has 1 atom stereocenters. The van der Waals surface area contributed by atoms with Gasteiger partial charge in [-0.05, 0) is 24.3 Å². The van der Waals surface area contributed by atoms with E-state index in [1.54, 1.807) is 0 Å². The van der Waals surface area contributed by atoms with E-state index in [2.05, 4.69) is 55.4 Å². The highest BCUT2D eigenvalue weighted by Gasteiger charge is 2.10. The van der Waals surface area contributed by atoms with Gasteiger partial charge in [-0.3, -0.25) is 0 Å². The van der Waals surface area contributed by atoms with Crippen LogP contribution < -0.4 is 5.32 Å². The van der Waals surface area contributed by atoms with Crippen molar-refractivity contribution in [3.63, 3.8) is 0 Å². The molecule has 0 fully saturated rings. The van der Waals surface area contributed by atoms with E-state index in [1.807, 2.05) is 0 Å². The minimum Gasteiger partial charge on any atom is -0.314 e. The molecular formula is C16H23N. The van der Waals surface area contributed by atoms with Gasteiger partial charge in [0.25, 0.3) is 0 Å². The Labute approximate surface area is 106 Å². The zero-order valence-corrected chi connectivity index (χ0v) is 10.9. The number of rotatable bonds is 7. The Kier molecular flexibility index (Phi) is 6.43. The molecule has 1 aromatic carbocycles. The standard InChI is InChI=1S/C16H23N/c1-4-5-7-12-16(13-17-14(2)3)15-10-8-6-9-11-15/h1,6,8-11,14,16-17H,5,7,12-13H2,2-3H3. The summed E-state index contributed by atoms with van der Waals surface area (Å²) in [6.07, 6.45) is 8.46. The van der Waals surface area contributed by atoms with Gasteiger partial charge in [-0.1, -0.05) is 44.2 Å². The van der Waals surface area contributed by atoms with Crippen LogP contribution in [0.2, 0.25) is 0 Å². The van der Waals surface area contributed by atoms with Gasteiger partial charge in [0.15, 0.2) is 0 Å². The van der Waals surface area contributed by atoms with Crippen molar-refractivity contribution in [2.75, 3.05) is 6.54 Å². The van der Waals surface area contributed by atoms with E-state index in [0.717, 1.165) is 25.8 Å². The monoisotopic (exact) mass is 229 g/mol. The minimum absolute atomic E-state index is 0.536. The molecule has 1 rings (SSSR count). The van der Waals surface area contributed by atoms with E-state index in [4.69, 9.17) is 6.42 Å². The number of hydrogen-bond acceptors (Lipinski definition) is 1. The van der Waals surface area contributed by atoms with Crippen LogP contribution in [0.4, 0.5) is 0 Å². The van der Waals surface area contributed by atoms with Gasteiger partial charge in [0, 0.05) is 19.0 Å². The molecule has 0 spiro atoms. The zero-order valence-electron chi connectivity index (χ0n) is 10.9. The summed E-state index contributed by atoms with van der Waals surface area (Å²) in [5, 5.41) is 3.52. The minimum atomic E-state index is 0.536. The molecule has 0 aliphatic carbocycles. The van der Waals surface area contributed by atoms with E-state index in [1.165, 1.54) is 5.56 Å². The van der Waals surface area contributed by atoms with Gasteiger partial charge in [0.1, 0.15) is 0 Å². The number of nitrogens with one attached hydrogen (secondary N) is 1. The largest absolute Gasteiger partial charge is 0.314 e. The lowest BCUT2D eigenvalue weighted by Crippen LogP contribution is -2.28. The molecule has 1 aromatic rings. The van der Waals surface area contributed by atoms with Crippen LogP contribution in [-0.2, 0) is 0 Å². The molecule has 1 unspecified atom stereocenters. The molecule has 0 saturated heterocycles. The summed E-state index contributed by atoms with van der Waals surface area (Å²) in [4.78, 5) is 0. The van der Waals surface area contributed by atoms with Crippen LogP contribution in [0.25, 0.3) is 0 Å². The summed E-state index contributed by atoms with van der Waals surface area (Å²) in [6, 6.07) is 11.2. The van der Waals surface area contributed by atoms with E-state index in [0.29, 0.717) is 12.0 Å². The Morgan fingerprint density at radius 1 is 1.24 bits per heavy atom. The Bertz CT molecular complexity index is 334. The SMILES string of the molecule is C#CCCCC(CNC(C)C)c1ccccc1. The molecule has 0 aliphatic heterocycles. The lowest BCUT2D eigenvalue weighted by Gasteiger charge is -2.19. The van der Waals surface area contributed by atoms with Crippen LogP contribution in [0.1, 0.15) is 44.6 Å². The lowest BCUT2D eigenvalue weighted by atomic mass is 9.93. The topological polar surface area (TPSA) is 12.0 Å². The van der Waals surface area contributed by atoms with Crippen molar-refractivity contribution in [1.29, 1.82) is 0 Å². The molecule has 1 heteroatoms. The number of hydrogen-bond donors (Lipinski definition) is 1. The Hall–Kier alpha value is -1.26.